The molecule has 0 spiro atoms. The number of hydrogen-bond donors (Lipinski definition) is 1. The minimum atomic E-state index is -3.77. The van der Waals surface area contributed by atoms with E-state index in [9.17, 15) is 9.13 Å². The largest absolute Gasteiger partial charge is 0.348 e. The van der Waals surface area contributed by atoms with Crippen molar-refractivity contribution in [2.75, 3.05) is 26.4 Å². The summed E-state index contributed by atoms with van der Waals surface area (Å²) >= 11 is 0. The van der Waals surface area contributed by atoms with Gasteiger partial charge in [0.2, 0.25) is 0 Å². The first-order valence-electron chi connectivity index (χ1n) is 8.32. The van der Waals surface area contributed by atoms with Gasteiger partial charge >= 0.3 is 15.2 Å². The summed E-state index contributed by atoms with van der Waals surface area (Å²) in [5.74, 6) is -1.26. The van der Waals surface area contributed by atoms with E-state index in [1.165, 1.54) is 6.20 Å². The maximum atomic E-state index is 13.4. The summed E-state index contributed by atoms with van der Waals surface area (Å²) in [6, 6.07) is 5.07. The Bertz CT molecular complexity index is 581. The smallest absolute Gasteiger partial charge is 0.317 e. The predicted octanol–water partition coefficient (Wildman–Crippen LogP) is 3.94. The van der Waals surface area contributed by atoms with Crippen molar-refractivity contribution >= 4 is 15.2 Å². The van der Waals surface area contributed by atoms with Crippen LogP contribution in [0.4, 0.5) is 0 Å². The summed E-state index contributed by atoms with van der Waals surface area (Å²) in [4.78, 5) is 4.22. The first kappa shape index (κ1) is 22.5. The van der Waals surface area contributed by atoms with Crippen LogP contribution in [0, 0.1) is 0 Å². The van der Waals surface area contributed by atoms with Crippen molar-refractivity contribution in [3.63, 3.8) is 0 Å². The third-order valence-corrected chi connectivity index (χ3v) is 8.26. The van der Waals surface area contributed by atoms with Crippen LogP contribution in [0.25, 0.3) is 0 Å². The van der Waals surface area contributed by atoms with E-state index in [0.29, 0.717) is 5.69 Å². The highest BCUT2D eigenvalue weighted by atomic mass is 31.2. The topological polar surface area (TPSA) is 110 Å². The molecule has 8 nitrogen and oxygen atoms in total. The van der Waals surface area contributed by atoms with Crippen molar-refractivity contribution in [3.05, 3.63) is 30.1 Å². The van der Waals surface area contributed by atoms with Crippen LogP contribution in [0.5, 0.6) is 0 Å². The van der Waals surface area contributed by atoms with Crippen LogP contribution < -0.4 is 5.73 Å². The molecule has 144 valence electrons. The third kappa shape index (κ3) is 5.69. The van der Waals surface area contributed by atoms with Gasteiger partial charge in [0.1, 0.15) is 11.4 Å². The average molecular weight is 394 g/mol. The normalized spacial score (nSPS) is 15.1. The number of aromatic nitrogens is 1. The Morgan fingerprint density at radius 3 is 1.80 bits per heavy atom. The molecule has 0 aromatic carbocycles. The molecule has 0 amide bonds. The number of nitrogens with two attached hydrogens (primary N) is 1. The van der Waals surface area contributed by atoms with Crippen molar-refractivity contribution in [2.24, 2.45) is 5.73 Å². The van der Waals surface area contributed by atoms with Gasteiger partial charge in [-0.2, -0.15) is 0 Å². The Balaban J connectivity index is 3.44. The van der Waals surface area contributed by atoms with Crippen LogP contribution >= 0.6 is 15.2 Å². The molecule has 0 aliphatic carbocycles. The Labute approximate surface area is 149 Å². The van der Waals surface area contributed by atoms with Gasteiger partial charge in [-0.3, -0.25) is 14.1 Å². The Kier molecular flexibility index (Phi) is 9.46. The highest BCUT2D eigenvalue weighted by molar-refractivity contribution is 7.59. The lowest BCUT2D eigenvalue weighted by atomic mass is 10.2. The minimum Gasteiger partial charge on any atom is -0.317 e. The maximum absolute atomic E-state index is 13.4. The number of pyridine rings is 1. The standard InChI is InChI=1S/C15H28N2O6P2/c1-5-20-24(18,21-6-2)14(13-11-9-10-12-17-13)15(16)25(19,22-7-3)23-8-4/h9-12,14-15H,5-8,16H2,1-4H3. The fourth-order valence-corrected chi connectivity index (χ4v) is 6.96. The van der Waals surface area contributed by atoms with Crippen LogP contribution in [0.15, 0.2) is 24.4 Å². The molecular weight excluding hydrogens is 366 g/mol. The molecule has 0 saturated carbocycles. The molecule has 2 unspecified atom stereocenters. The molecule has 25 heavy (non-hydrogen) atoms. The number of rotatable bonds is 12. The van der Waals surface area contributed by atoms with E-state index in [4.69, 9.17) is 23.8 Å². The van der Waals surface area contributed by atoms with Crippen LogP contribution in [-0.4, -0.2) is 37.2 Å². The van der Waals surface area contributed by atoms with Crippen molar-refractivity contribution in [2.45, 2.75) is 39.1 Å². The molecule has 0 saturated heterocycles. The van der Waals surface area contributed by atoms with Gasteiger partial charge in [-0.05, 0) is 39.8 Å². The molecule has 0 aliphatic rings. The fourth-order valence-electron chi connectivity index (χ4n) is 2.37. The molecule has 0 radical (unpaired) electrons. The lowest BCUT2D eigenvalue weighted by Crippen LogP contribution is -2.32. The molecule has 0 aliphatic heterocycles. The quantitative estimate of drug-likeness (QED) is 0.531. The van der Waals surface area contributed by atoms with Crippen LogP contribution in [0.1, 0.15) is 39.0 Å². The number of nitrogens with zero attached hydrogens (tertiary/aromatic N) is 1. The molecule has 1 rings (SSSR count). The second-order valence-corrected chi connectivity index (χ2v) is 9.29. The SMILES string of the molecule is CCOP(=O)(OCC)C(N)C(c1ccccn1)P(=O)(OCC)OCC. The van der Waals surface area contributed by atoms with Gasteiger partial charge in [0, 0.05) is 6.20 Å². The van der Waals surface area contributed by atoms with E-state index < -0.39 is 26.6 Å². The second-order valence-electron chi connectivity index (χ2n) is 4.94. The lowest BCUT2D eigenvalue weighted by Gasteiger charge is -2.33. The van der Waals surface area contributed by atoms with Gasteiger partial charge < -0.3 is 23.8 Å². The highest BCUT2D eigenvalue weighted by Crippen LogP contribution is 2.68. The summed E-state index contributed by atoms with van der Waals surface area (Å²) in [5, 5.41) is 0. The summed E-state index contributed by atoms with van der Waals surface area (Å²) < 4.78 is 48.1. The predicted molar refractivity (Wildman–Crippen MR) is 96.7 cm³/mol. The van der Waals surface area contributed by atoms with E-state index in [1.807, 2.05) is 0 Å². The first-order valence-corrected chi connectivity index (χ1v) is 11.5. The van der Waals surface area contributed by atoms with Crippen LogP contribution in [0.3, 0.4) is 0 Å². The van der Waals surface area contributed by atoms with Crippen LogP contribution in [-0.2, 0) is 27.2 Å². The van der Waals surface area contributed by atoms with Crippen LogP contribution in [0.2, 0.25) is 0 Å². The summed E-state index contributed by atoms with van der Waals surface area (Å²) in [7, 11) is -7.54. The summed E-state index contributed by atoms with van der Waals surface area (Å²) in [6.45, 7) is 7.29. The number of hydrogen-bond acceptors (Lipinski definition) is 8. The molecule has 1 heterocycles. The molecular formula is C15H28N2O6P2. The summed E-state index contributed by atoms with van der Waals surface area (Å²) in [6.07, 6.45) is 1.53. The van der Waals surface area contributed by atoms with Gasteiger partial charge in [-0.25, -0.2) is 0 Å². The lowest BCUT2D eigenvalue weighted by molar-refractivity contribution is 0.194. The van der Waals surface area contributed by atoms with Gasteiger partial charge in [0.05, 0.1) is 32.1 Å². The van der Waals surface area contributed by atoms with E-state index in [1.54, 1.807) is 45.9 Å². The molecule has 10 heteroatoms. The molecule has 1 aromatic rings. The molecule has 0 fully saturated rings. The molecule has 0 bridgehead atoms. The van der Waals surface area contributed by atoms with Crippen molar-refractivity contribution in [3.8, 4) is 0 Å². The fraction of sp³-hybridized carbons (Fsp3) is 0.667. The molecule has 2 N–H and O–H groups in total. The van der Waals surface area contributed by atoms with Gasteiger partial charge in [0.15, 0.2) is 0 Å². The Morgan fingerprint density at radius 2 is 1.40 bits per heavy atom. The molecule has 2 atom stereocenters. The van der Waals surface area contributed by atoms with E-state index in [0.717, 1.165) is 0 Å². The second kappa shape index (κ2) is 10.5. The first-order chi connectivity index (χ1) is 11.9. The summed E-state index contributed by atoms with van der Waals surface area (Å²) in [5.41, 5.74) is 5.52. The van der Waals surface area contributed by atoms with Crippen molar-refractivity contribution < 1.29 is 27.2 Å². The molecule has 1 aromatic heterocycles. The zero-order valence-corrected chi connectivity index (χ0v) is 16.9. The monoisotopic (exact) mass is 394 g/mol. The Morgan fingerprint density at radius 1 is 0.920 bits per heavy atom. The average Bonchev–Trinajstić information content (AvgIpc) is 2.56. The van der Waals surface area contributed by atoms with Gasteiger partial charge in [-0.15, -0.1) is 0 Å². The van der Waals surface area contributed by atoms with E-state index in [2.05, 4.69) is 4.98 Å². The zero-order chi connectivity index (χ0) is 18.9. The maximum Gasteiger partial charge on any atom is 0.348 e. The Hall–Kier alpha value is -0.590. The van der Waals surface area contributed by atoms with Gasteiger partial charge in [0.25, 0.3) is 0 Å². The van der Waals surface area contributed by atoms with E-state index >= 15 is 0 Å². The minimum absolute atomic E-state index is 0.132. The van der Waals surface area contributed by atoms with Gasteiger partial charge in [-0.1, -0.05) is 6.07 Å². The zero-order valence-electron chi connectivity index (χ0n) is 15.2. The van der Waals surface area contributed by atoms with Crippen molar-refractivity contribution in [1.29, 1.82) is 0 Å². The van der Waals surface area contributed by atoms with Crippen molar-refractivity contribution in [1.82, 2.24) is 4.98 Å². The third-order valence-electron chi connectivity index (χ3n) is 3.26. The highest BCUT2D eigenvalue weighted by Gasteiger charge is 2.50. The van der Waals surface area contributed by atoms with E-state index in [-0.39, 0.29) is 26.4 Å².